The van der Waals surface area contributed by atoms with E-state index >= 15 is 0 Å². The maximum atomic E-state index is 12.2. The fourth-order valence-corrected chi connectivity index (χ4v) is 9.50. The molecule has 6 rings (SSSR count). The minimum atomic E-state index is -0.337. The maximum absolute atomic E-state index is 12.2. The third-order valence-electron chi connectivity index (χ3n) is 11.7. The van der Waals surface area contributed by atoms with Crippen LogP contribution >= 0.6 is 22.7 Å². The molecule has 0 spiro atoms. The Balaban J connectivity index is 0.000000320. The van der Waals surface area contributed by atoms with E-state index in [0.29, 0.717) is 5.92 Å². The molecule has 6 aromatic rings. The second-order valence-electron chi connectivity index (χ2n) is 17.0. The summed E-state index contributed by atoms with van der Waals surface area (Å²) < 4.78 is 2.64. The number of pyridine rings is 1. The van der Waals surface area contributed by atoms with E-state index in [4.69, 9.17) is 4.98 Å². The van der Waals surface area contributed by atoms with Crippen LogP contribution in [0, 0.1) is 29.7 Å². The first-order valence-electron chi connectivity index (χ1n) is 19.8. The maximum Gasteiger partial charge on any atom is 0.164 e. The van der Waals surface area contributed by atoms with Gasteiger partial charge in [-0.3, -0.25) is 9.78 Å². The van der Waals surface area contributed by atoms with Crippen molar-refractivity contribution >= 4 is 59.4 Å². The Kier molecular flexibility index (Phi) is 14.6. The van der Waals surface area contributed by atoms with E-state index in [-0.39, 0.29) is 47.9 Å². The zero-order valence-corrected chi connectivity index (χ0v) is 39.0. The molecule has 0 amide bonds. The summed E-state index contributed by atoms with van der Waals surface area (Å²) in [6, 6.07) is 26.2. The number of benzene rings is 3. The van der Waals surface area contributed by atoms with Gasteiger partial charge in [-0.2, -0.15) is 0 Å². The van der Waals surface area contributed by atoms with Crippen LogP contribution in [0.5, 0.6) is 0 Å². The third-order valence-corrected chi connectivity index (χ3v) is 14.3. The van der Waals surface area contributed by atoms with E-state index in [1.54, 1.807) is 0 Å². The third kappa shape index (κ3) is 9.53. The van der Waals surface area contributed by atoms with Gasteiger partial charge in [0.1, 0.15) is 5.76 Å². The van der Waals surface area contributed by atoms with Crippen molar-refractivity contribution < 1.29 is 30.0 Å². The molecule has 1 radical (unpaired) electrons. The summed E-state index contributed by atoms with van der Waals surface area (Å²) in [4.78, 5) is 19.8. The molecular weight excluding hydrogens is 891 g/mol. The summed E-state index contributed by atoms with van der Waals surface area (Å²) in [5.74, 6) is 0.950. The van der Waals surface area contributed by atoms with Crippen molar-refractivity contribution in [2.75, 3.05) is 0 Å². The van der Waals surface area contributed by atoms with Crippen molar-refractivity contribution in [1.29, 1.82) is 0 Å². The quantitative estimate of drug-likeness (QED) is 0.0800. The van der Waals surface area contributed by atoms with Crippen LogP contribution in [0.15, 0.2) is 78.7 Å². The number of allylic oxidation sites excluding steroid dienone is 2. The van der Waals surface area contributed by atoms with Crippen LogP contribution in [-0.2, 0) is 36.7 Å². The fourth-order valence-electron chi connectivity index (χ4n) is 7.10. The van der Waals surface area contributed by atoms with E-state index < -0.39 is 0 Å². The Morgan fingerprint density at radius 3 is 2.13 bits per heavy atom. The van der Waals surface area contributed by atoms with Crippen molar-refractivity contribution in [1.82, 2.24) is 4.98 Å². The van der Waals surface area contributed by atoms with Crippen molar-refractivity contribution in [2.45, 2.75) is 121 Å². The second-order valence-corrected chi connectivity index (χ2v) is 19.1. The van der Waals surface area contributed by atoms with Crippen LogP contribution in [0.1, 0.15) is 119 Å². The van der Waals surface area contributed by atoms with Crippen LogP contribution in [-0.4, -0.2) is 15.9 Å². The van der Waals surface area contributed by atoms with Crippen molar-refractivity contribution in [2.24, 2.45) is 16.7 Å². The average Bonchev–Trinajstić information content (AvgIpc) is 3.73. The average molecular weight is 951 g/mol. The number of thiophene rings is 2. The Morgan fingerprint density at radius 1 is 0.855 bits per heavy atom. The first-order chi connectivity index (χ1) is 25.5. The molecule has 1 N–H and O–H groups in total. The number of nitrogens with zero attached hydrogens (tertiary/aromatic N) is 1. The van der Waals surface area contributed by atoms with Gasteiger partial charge in [0.2, 0.25) is 0 Å². The standard InChI is InChI=1S/C34H32NS2.C15H28O2.Ir/c1-20(2)15-22-11-12-28-24(16-22)19-30(36-28)33-21(3)31-29(37-33)13-14-35-32(31)25-17-23-9-7-8-10-26(23)27(18-25)34(4,5)6;1-7-14(5,8-2)12(16)11-13(17)15(6,9-3)10-4;/h7-14,16,18-20H,15H2,1-6H3;11,16H,7-10H2,1-6H3;/q-1;;/b;12-11-;. The number of ketones is 1. The summed E-state index contributed by atoms with van der Waals surface area (Å²) in [6.07, 6.45) is 7.83. The van der Waals surface area contributed by atoms with Crippen LogP contribution in [0.2, 0.25) is 0 Å². The van der Waals surface area contributed by atoms with Crippen LogP contribution < -0.4 is 0 Å². The van der Waals surface area contributed by atoms with Gasteiger partial charge in [-0.15, -0.1) is 51.8 Å². The minimum absolute atomic E-state index is 0. The van der Waals surface area contributed by atoms with Gasteiger partial charge >= 0.3 is 0 Å². The molecule has 0 aliphatic heterocycles. The molecule has 0 saturated heterocycles. The minimum Gasteiger partial charge on any atom is -0.512 e. The molecule has 0 fully saturated rings. The summed E-state index contributed by atoms with van der Waals surface area (Å²) in [5, 5.41) is 15.2. The number of rotatable bonds is 11. The number of aliphatic hydroxyl groups excluding tert-OH is 1. The molecule has 3 aromatic carbocycles. The van der Waals surface area contributed by atoms with Crippen molar-refractivity contribution in [3.8, 4) is 21.0 Å². The normalized spacial score (nSPS) is 12.6. The van der Waals surface area contributed by atoms with Gasteiger partial charge in [0.05, 0.1) is 0 Å². The molecule has 0 unspecified atom stereocenters. The van der Waals surface area contributed by atoms with E-state index in [1.807, 2.05) is 70.4 Å². The Hall–Kier alpha value is -3.15. The topological polar surface area (TPSA) is 50.2 Å². The molecule has 3 aromatic heterocycles. The molecular formula is C49H60IrNO2S2-. The largest absolute Gasteiger partial charge is 0.512 e. The smallest absolute Gasteiger partial charge is 0.164 e. The van der Waals surface area contributed by atoms with Gasteiger partial charge in [-0.05, 0) is 90.5 Å². The number of hydrogen-bond acceptors (Lipinski definition) is 5. The zero-order chi connectivity index (χ0) is 39.6. The summed E-state index contributed by atoms with van der Waals surface area (Å²) in [7, 11) is 0. The molecule has 0 atom stereocenters. The fraction of sp³-hybridized carbons (Fsp3) is 0.429. The number of hydrogen-bond donors (Lipinski definition) is 1. The van der Waals surface area contributed by atoms with Gasteiger partial charge in [-0.1, -0.05) is 117 Å². The predicted molar refractivity (Wildman–Crippen MR) is 237 cm³/mol. The van der Waals surface area contributed by atoms with Gasteiger partial charge in [-0.25, -0.2) is 0 Å². The monoisotopic (exact) mass is 951 g/mol. The van der Waals surface area contributed by atoms with E-state index in [2.05, 4.69) is 108 Å². The Labute approximate surface area is 352 Å². The van der Waals surface area contributed by atoms with Gasteiger partial charge in [0, 0.05) is 68.1 Å². The number of aromatic nitrogens is 1. The molecule has 0 aliphatic rings. The molecule has 3 nitrogen and oxygen atoms in total. The molecule has 0 saturated carbocycles. The number of carbonyl (C=O) groups is 1. The van der Waals surface area contributed by atoms with Gasteiger partial charge < -0.3 is 5.11 Å². The number of carbonyl (C=O) groups excluding carboxylic acids is 1. The Bertz CT molecular complexity index is 2290. The Morgan fingerprint density at radius 2 is 1.51 bits per heavy atom. The SMILES string of the molecule is CCC(C)(CC)C(=O)/C=C(\O)C(C)(CC)CC.Cc1c(-c2cc3cc(CC(C)C)ccc3s2)sc2ccnc(-c3[c-]c4ccccc4c(C(C)(C)C)c3)c12.[Ir]. The van der Waals surface area contributed by atoms with Crippen LogP contribution in [0.3, 0.4) is 0 Å². The molecule has 0 aliphatic carbocycles. The van der Waals surface area contributed by atoms with Crippen molar-refractivity contribution in [3.63, 3.8) is 0 Å². The van der Waals surface area contributed by atoms with E-state index in [0.717, 1.165) is 48.7 Å². The van der Waals surface area contributed by atoms with E-state index in [1.165, 1.54) is 58.1 Å². The molecule has 6 heteroatoms. The van der Waals surface area contributed by atoms with Crippen LogP contribution in [0.25, 0.3) is 52.0 Å². The van der Waals surface area contributed by atoms with Crippen LogP contribution in [0.4, 0.5) is 0 Å². The molecule has 55 heavy (non-hydrogen) atoms. The summed E-state index contributed by atoms with van der Waals surface area (Å²) in [5.41, 5.74) is 5.62. The summed E-state index contributed by atoms with van der Waals surface area (Å²) >= 11 is 3.78. The van der Waals surface area contributed by atoms with Gasteiger partial charge in [0.25, 0.3) is 0 Å². The second kappa shape index (κ2) is 18.0. The number of fused-ring (bicyclic) bond motifs is 3. The molecule has 295 valence electrons. The molecule has 3 heterocycles. The van der Waals surface area contributed by atoms with Gasteiger partial charge in [0.15, 0.2) is 5.78 Å². The van der Waals surface area contributed by atoms with E-state index in [9.17, 15) is 9.90 Å². The van der Waals surface area contributed by atoms with Crippen molar-refractivity contribution in [3.05, 3.63) is 101 Å². The predicted octanol–water partition coefficient (Wildman–Crippen LogP) is 15.3. The first-order valence-corrected chi connectivity index (χ1v) is 21.4. The molecule has 0 bridgehead atoms. The first kappa shape index (κ1) is 44.6. The summed E-state index contributed by atoms with van der Waals surface area (Å²) in [6.45, 7) is 25.8. The zero-order valence-electron chi connectivity index (χ0n) is 35.0. The number of aliphatic hydroxyl groups is 1. The number of aryl methyl sites for hydroxylation is 1.